The predicted molar refractivity (Wildman–Crippen MR) is 253 cm³/mol. The second-order valence-corrected chi connectivity index (χ2v) is 19.3. The maximum absolute atomic E-state index is 14.0. The van der Waals surface area contributed by atoms with Crippen LogP contribution in [0.3, 0.4) is 0 Å². The van der Waals surface area contributed by atoms with Crippen molar-refractivity contribution in [3.63, 3.8) is 0 Å². The molecule has 3 aromatic rings. The average molecular weight is 852 g/mol. The van der Waals surface area contributed by atoms with Crippen LogP contribution in [0, 0.1) is 6.92 Å². The Kier molecular flexibility index (Phi) is 27.1. The standard InChI is InChI=1S/C51H85N3O5S/c1-4-6-8-10-12-14-16-18-20-22-24-26-28-30-32-34-39-54(40-35-33-31-29-27-25-23-21-19-17-15-13-11-9-7-5-2)51(56)45-37-36-38-47(41-45)60(57,58)53-46-42-48(55)50-49(43-46)59-44(3)52-50/h36-38,41-43,53,55H,4-35,39-40H2,1-3H3. The Labute approximate surface area is 366 Å². The highest BCUT2D eigenvalue weighted by Crippen LogP contribution is 2.30. The van der Waals surface area contributed by atoms with Gasteiger partial charge in [0.2, 0.25) is 0 Å². The Bertz CT molecular complexity index is 1640. The van der Waals surface area contributed by atoms with Crippen LogP contribution in [0.1, 0.15) is 236 Å². The molecular formula is C51H85N3O5S. The summed E-state index contributed by atoms with van der Waals surface area (Å²) in [6.07, 6.45) is 41.8. The molecule has 0 spiro atoms. The third-order valence-corrected chi connectivity index (χ3v) is 13.5. The van der Waals surface area contributed by atoms with Gasteiger partial charge in [-0.05, 0) is 31.0 Å². The molecule has 0 unspecified atom stereocenters. The number of unbranched alkanes of at least 4 members (excludes halogenated alkanes) is 30. The van der Waals surface area contributed by atoms with Crippen LogP contribution >= 0.6 is 0 Å². The second kappa shape index (κ2) is 31.7. The quantitative estimate of drug-likeness (QED) is 0.0555. The van der Waals surface area contributed by atoms with E-state index in [9.17, 15) is 18.3 Å². The number of nitrogens with one attached hydrogen (secondary N) is 1. The molecule has 0 fully saturated rings. The van der Waals surface area contributed by atoms with E-state index in [1.807, 2.05) is 4.90 Å². The summed E-state index contributed by atoms with van der Waals surface area (Å²) < 4.78 is 35.1. The number of anilines is 1. The molecule has 0 aliphatic rings. The molecule has 340 valence electrons. The van der Waals surface area contributed by atoms with Crippen molar-refractivity contribution in [2.75, 3.05) is 17.8 Å². The minimum atomic E-state index is -4.06. The van der Waals surface area contributed by atoms with Crippen LogP contribution in [-0.2, 0) is 10.0 Å². The molecule has 0 saturated heterocycles. The number of rotatable bonds is 38. The van der Waals surface area contributed by atoms with Gasteiger partial charge in [0.05, 0.1) is 10.6 Å². The van der Waals surface area contributed by atoms with Crippen LogP contribution < -0.4 is 4.72 Å². The van der Waals surface area contributed by atoms with Gasteiger partial charge in [0.15, 0.2) is 17.0 Å². The zero-order valence-corrected chi connectivity index (χ0v) is 39.2. The van der Waals surface area contributed by atoms with E-state index in [-0.39, 0.29) is 33.3 Å². The van der Waals surface area contributed by atoms with Crippen LogP contribution in [0.15, 0.2) is 45.7 Å². The topological polar surface area (TPSA) is 113 Å². The number of sulfonamides is 1. The molecule has 1 aromatic heterocycles. The third-order valence-electron chi connectivity index (χ3n) is 12.1. The minimum absolute atomic E-state index is 0.00791. The number of nitrogens with zero attached hydrogens (tertiary/aromatic N) is 2. The normalized spacial score (nSPS) is 11.8. The van der Waals surface area contributed by atoms with Crippen molar-refractivity contribution in [3.8, 4) is 5.75 Å². The summed E-state index contributed by atoms with van der Waals surface area (Å²) in [6, 6.07) is 9.12. The van der Waals surface area contributed by atoms with Gasteiger partial charge >= 0.3 is 0 Å². The summed E-state index contributed by atoms with van der Waals surface area (Å²) in [5.41, 5.74) is 1.08. The van der Waals surface area contributed by atoms with E-state index >= 15 is 0 Å². The summed E-state index contributed by atoms with van der Waals surface area (Å²) in [4.78, 5) is 20.1. The van der Waals surface area contributed by atoms with Gasteiger partial charge in [-0.3, -0.25) is 9.52 Å². The lowest BCUT2D eigenvalue weighted by atomic mass is 10.0. The van der Waals surface area contributed by atoms with Gasteiger partial charge in [-0.1, -0.05) is 213 Å². The second-order valence-electron chi connectivity index (χ2n) is 17.6. The summed E-state index contributed by atoms with van der Waals surface area (Å²) in [5, 5.41) is 10.4. The van der Waals surface area contributed by atoms with Crippen molar-refractivity contribution < 1.29 is 22.7 Å². The number of phenolic OH excluding ortho intramolecular Hbond substituents is 1. The Hall–Kier alpha value is -3.07. The molecule has 1 amide bonds. The molecule has 60 heavy (non-hydrogen) atoms. The van der Waals surface area contributed by atoms with Gasteiger partial charge in [-0.2, -0.15) is 0 Å². The van der Waals surface area contributed by atoms with Crippen molar-refractivity contribution in [2.45, 2.75) is 231 Å². The molecule has 0 aliphatic carbocycles. The van der Waals surface area contributed by atoms with Crippen LogP contribution in [0.5, 0.6) is 5.75 Å². The lowest BCUT2D eigenvalue weighted by Crippen LogP contribution is -2.33. The number of aryl methyl sites for hydroxylation is 1. The van der Waals surface area contributed by atoms with Gasteiger partial charge in [0.25, 0.3) is 15.9 Å². The van der Waals surface area contributed by atoms with E-state index in [1.165, 1.54) is 204 Å². The number of aromatic nitrogens is 1. The highest BCUT2D eigenvalue weighted by molar-refractivity contribution is 7.92. The molecule has 0 saturated carbocycles. The van der Waals surface area contributed by atoms with Gasteiger partial charge in [0.1, 0.15) is 5.75 Å². The van der Waals surface area contributed by atoms with Crippen molar-refractivity contribution in [1.82, 2.24) is 9.88 Å². The Balaban J connectivity index is 1.43. The first-order chi connectivity index (χ1) is 29.2. The first-order valence-electron chi connectivity index (χ1n) is 24.8. The van der Waals surface area contributed by atoms with Gasteiger partial charge in [0, 0.05) is 37.7 Å². The minimum Gasteiger partial charge on any atom is -0.505 e. The van der Waals surface area contributed by atoms with Gasteiger partial charge < -0.3 is 14.4 Å². The fourth-order valence-corrected chi connectivity index (χ4v) is 9.48. The number of aromatic hydroxyl groups is 1. The summed E-state index contributed by atoms with van der Waals surface area (Å²) in [5.74, 6) is 0.0743. The van der Waals surface area contributed by atoms with E-state index < -0.39 is 10.0 Å². The fourth-order valence-electron chi connectivity index (χ4n) is 8.39. The highest BCUT2D eigenvalue weighted by Gasteiger charge is 2.21. The first kappa shape index (κ1) is 51.3. The number of carbonyl (C=O) groups is 1. The van der Waals surface area contributed by atoms with Crippen LogP contribution in [0.25, 0.3) is 11.1 Å². The SMILES string of the molecule is CCCCCCCCCCCCCCCCCCN(CCCCCCCCCCCCCCCCCC)C(=O)c1cccc(S(=O)(=O)Nc2cc(O)c3nc(C)oc3c2)c1. The first-order valence-corrected chi connectivity index (χ1v) is 26.3. The summed E-state index contributed by atoms with van der Waals surface area (Å²) in [7, 11) is -4.06. The van der Waals surface area contributed by atoms with Crippen LogP contribution in [-0.4, -0.2) is 42.4 Å². The number of hydrogen-bond donors (Lipinski definition) is 2. The monoisotopic (exact) mass is 852 g/mol. The molecule has 2 aromatic carbocycles. The molecule has 0 atom stereocenters. The maximum atomic E-state index is 14.0. The van der Waals surface area contributed by atoms with Crippen LogP contribution in [0.2, 0.25) is 0 Å². The molecule has 1 heterocycles. The molecular weight excluding hydrogens is 767 g/mol. The molecule has 0 bridgehead atoms. The lowest BCUT2D eigenvalue weighted by molar-refractivity contribution is 0.0749. The molecule has 2 N–H and O–H groups in total. The van der Waals surface area contributed by atoms with Crippen molar-refractivity contribution in [1.29, 1.82) is 0 Å². The molecule has 0 aliphatic heterocycles. The smallest absolute Gasteiger partial charge is 0.261 e. The van der Waals surface area contributed by atoms with Crippen LogP contribution in [0.4, 0.5) is 5.69 Å². The Morgan fingerprint density at radius 2 is 1.00 bits per heavy atom. The molecule has 8 nitrogen and oxygen atoms in total. The van der Waals surface area contributed by atoms with Gasteiger partial charge in [-0.25, -0.2) is 13.4 Å². The summed E-state index contributed by atoms with van der Waals surface area (Å²) >= 11 is 0. The third kappa shape index (κ3) is 21.6. The number of amides is 1. The Morgan fingerprint density at radius 3 is 1.42 bits per heavy atom. The van der Waals surface area contributed by atoms with E-state index in [1.54, 1.807) is 19.1 Å². The van der Waals surface area contributed by atoms with Gasteiger partial charge in [-0.15, -0.1) is 0 Å². The van der Waals surface area contributed by atoms with E-state index in [2.05, 4.69) is 23.6 Å². The maximum Gasteiger partial charge on any atom is 0.261 e. The number of phenols is 1. The highest BCUT2D eigenvalue weighted by atomic mass is 32.2. The number of benzene rings is 2. The number of hydrogen-bond acceptors (Lipinski definition) is 6. The molecule has 0 radical (unpaired) electrons. The molecule has 3 rings (SSSR count). The predicted octanol–water partition coefficient (Wildman–Crippen LogP) is 15.6. The number of oxazole rings is 1. The number of fused-ring (bicyclic) bond motifs is 1. The largest absolute Gasteiger partial charge is 0.505 e. The van der Waals surface area contributed by atoms with E-state index in [0.29, 0.717) is 24.5 Å². The lowest BCUT2D eigenvalue weighted by Gasteiger charge is -2.23. The number of carbonyl (C=O) groups excluding carboxylic acids is 1. The van der Waals surface area contributed by atoms with Crippen molar-refractivity contribution in [3.05, 3.63) is 47.9 Å². The molecule has 9 heteroatoms. The van der Waals surface area contributed by atoms with Crippen molar-refractivity contribution >= 4 is 32.7 Å². The zero-order valence-electron chi connectivity index (χ0n) is 38.4. The van der Waals surface area contributed by atoms with Crippen molar-refractivity contribution in [2.24, 2.45) is 0 Å². The zero-order chi connectivity index (χ0) is 43.1. The average Bonchev–Trinajstić information content (AvgIpc) is 3.62. The Morgan fingerprint density at radius 1 is 0.600 bits per heavy atom. The fraction of sp³-hybridized carbons (Fsp3) is 0.725. The van der Waals surface area contributed by atoms with E-state index in [0.717, 1.165) is 25.7 Å². The summed E-state index contributed by atoms with van der Waals surface area (Å²) in [6.45, 7) is 7.58. The van der Waals surface area contributed by atoms with E-state index in [4.69, 9.17) is 4.42 Å².